The second-order valence-corrected chi connectivity index (χ2v) is 8.45. The first kappa shape index (κ1) is 19.0. The summed E-state index contributed by atoms with van der Waals surface area (Å²) in [4.78, 5) is 15.5. The van der Waals surface area contributed by atoms with Crippen LogP contribution in [0.25, 0.3) is 11.3 Å². The number of nitrogens with one attached hydrogen (secondary N) is 1. The lowest BCUT2D eigenvalue weighted by Crippen LogP contribution is -2.40. The predicted molar refractivity (Wildman–Crippen MR) is 114 cm³/mol. The number of piperidine rings is 1. The van der Waals surface area contributed by atoms with E-state index < -0.39 is 0 Å². The average Bonchev–Trinajstić information content (AvgIpc) is 3.39. The molecule has 5 heteroatoms. The number of amides is 1. The van der Waals surface area contributed by atoms with E-state index in [-0.39, 0.29) is 5.91 Å². The third-order valence-electron chi connectivity index (χ3n) is 5.32. The number of benzene rings is 1. The Bertz CT molecular complexity index is 916. The van der Waals surface area contributed by atoms with Crippen molar-refractivity contribution in [3.8, 4) is 11.3 Å². The van der Waals surface area contributed by atoms with Crippen LogP contribution in [-0.2, 0) is 6.54 Å². The van der Waals surface area contributed by atoms with Crippen molar-refractivity contribution in [3.05, 3.63) is 70.1 Å². The van der Waals surface area contributed by atoms with Gasteiger partial charge in [0.15, 0.2) is 0 Å². The van der Waals surface area contributed by atoms with E-state index in [0.717, 1.165) is 42.6 Å². The topological polar surface area (TPSA) is 45.5 Å². The third-order valence-corrected chi connectivity index (χ3v) is 6.19. The fourth-order valence-electron chi connectivity index (χ4n) is 3.91. The molecule has 1 atom stereocenters. The van der Waals surface area contributed by atoms with Gasteiger partial charge in [-0.3, -0.25) is 9.69 Å². The highest BCUT2D eigenvalue weighted by molar-refractivity contribution is 7.12. The number of carbonyl (C=O) groups excluding carboxylic acids is 1. The Labute approximate surface area is 170 Å². The number of hydrogen-bond donors (Lipinski definition) is 1. The van der Waals surface area contributed by atoms with Gasteiger partial charge < -0.3 is 9.73 Å². The molecule has 2 aromatic heterocycles. The van der Waals surface area contributed by atoms with E-state index in [1.807, 2.05) is 36.6 Å². The zero-order valence-corrected chi connectivity index (χ0v) is 17.0. The molecule has 0 bridgehead atoms. The molecule has 1 fully saturated rings. The maximum absolute atomic E-state index is 12.2. The largest absolute Gasteiger partial charge is 0.461 e. The van der Waals surface area contributed by atoms with E-state index in [1.165, 1.54) is 35.3 Å². The molecule has 1 aliphatic heterocycles. The van der Waals surface area contributed by atoms with E-state index in [1.54, 1.807) is 0 Å². The van der Waals surface area contributed by atoms with Crippen LogP contribution in [0.2, 0.25) is 0 Å². The summed E-state index contributed by atoms with van der Waals surface area (Å²) in [5.41, 5.74) is 2.46. The Kier molecular flexibility index (Phi) is 5.93. The van der Waals surface area contributed by atoms with Crippen molar-refractivity contribution in [2.45, 2.75) is 26.3 Å². The minimum Gasteiger partial charge on any atom is -0.461 e. The average molecular weight is 395 g/mol. The molecule has 3 heterocycles. The van der Waals surface area contributed by atoms with Crippen LogP contribution < -0.4 is 5.32 Å². The molecular weight excluding hydrogens is 368 g/mol. The van der Waals surface area contributed by atoms with E-state index in [9.17, 15) is 4.79 Å². The van der Waals surface area contributed by atoms with Gasteiger partial charge in [0.25, 0.3) is 5.91 Å². The van der Waals surface area contributed by atoms with Gasteiger partial charge in [0.2, 0.25) is 0 Å². The van der Waals surface area contributed by atoms with Gasteiger partial charge in [-0.15, -0.1) is 11.3 Å². The standard InChI is InChI=1S/C23H26N2O2S/c1-17-10-11-21(27-17)20-8-3-2-7-19(20)16-25-12-4-6-18(15-25)14-24-23(26)22-9-5-13-28-22/h2-3,5,7-11,13,18H,4,6,12,14-16H2,1H3,(H,24,26). The van der Waals surface area contributed by atoms with Gasteiger partial charge in [0.1, 0.15) is 11.5 Å². The van der Waals surface area contributed by atoms with Gasteiger partial charge in [0, 0.05) is 25.2 Å². The normalized spacial score (nSPS) is 17.5. The summed E-state index contributed by atoms with van der Waals surface area (Å²) in [7, 11) is 0. The van der Waals surface area contributed by atoms with Crippen molar-refractivity contribution in [1.82, 2.24) is 10.2 Å². The Morgan fingerprint density at radius 3 is 2.89 bits per heavy atom. The lowest BCUT2D eigenvalue weighted by atomic mass is 9.96. The number of aryl methyl sites for hydroxylation is 1. The van der Waals surface area contributed by atoms with Crippen LogP contribution in [0.15, 0.2) is 58.3 Å². The summed E-state index contributed by atoms with van der Waals surface area (Å²) >= 11 is 1.49. The number of hydrogen-bond acceptors (Lipinski definition) is 4. The molecule has 1 saturated heterocycles. The molecule has 4 nitrogen and oxygen atoms in total. The fourth-order valence-corrected chi connectivity index (χ4v) is 4.55. The van der Waals surface area contributed by atoms with Gasteiger partial charge in [-0.25, -0.2) is 0 Å². The summed E-state index contributed by atoms with van der Waals surface area (Å²) in [6, 6.07) is 16.3. The summed E-state index contributed by atoms with van der Waals surface area (Å²) < 4.78 is 5.86. The van der Waals surface area contributed by atoms with E-state index >= 15 is 0 Å². The first-order valence-electron chi connectivity index (χ1n) is 9.88. The van der Waals surface area contributed by atoms with Crippen LogP contribution in [0.1, 0.15) is 33.8 Å². The number of furan rings is 1. The molecule has 0 spiro atoms. The number of carbonyl (C=O) groups is 1. The minimum atomic E-state index is 0.0469. The van der Waals surface area contributed by atoms with Gasteiger partial charge in [-0.1, -0.05) is 30.3 Å². The van der Waals surface area contributed by atoms with E-state index in [2.05, 4.69) is 34.5 Å². The minimum absolute atomic E-state index is 0.0469. The Hall–Kier alpha value is -2.37. The molecule has 28 heavy (non-hydrogen) atoms. The van der Waals surface area contributed by atoms with Gasteiger partial charge in [-0.2, -0.15) is 0 Å². The van der Waals surface area contributed by atoms with Crippen LogP contribution in [0.5, 0.6) is 0 Å². The van der Waals surface area contributed by atoms with Crippen LogP contribution in [-0.4, -0.2) is 30.4 Å². The Morgan fingerprint density at radius 2 is 2.11 bits per heavy atom. The van der Waals surface area contributed by atoms with Crippen molar-refractivity contribution in [2.24, 2.45) is 5.92 Å². The second kappa shape index (κ2) is 8.76. The molecule has 1 N–H and O–H groups in total. The van der Waals surface area contributed by atoms with Gasteiger partial charge in [-0.05, 0) is 61.4 Å². The van der Waals surface area contributed by atoms with Crippen molar-refractivity contribution >= 4 is 17.2 Å². The summed E-state index contributed by atoms with van der Waals surface area (Å²) in [5, 5.41) is 5.05. The molecule has 3 aromatic rings. The molecule has 1 aliphatic rings. The Morgan fingerprint density at radius 1 is 1.21 bits per heavy atom. The molecular formula is C23H26N2O2S. The first-order valence-corrected chi connectivity index (χ1v) is 10.8. The zero-order valence-electron chi connectivity index (χ0n) is 16.2. The van der Waals surface area contributed by atoms with Crippen LogP contribution in [0.3, 0.4) is 0 Å². The van der Waals surface area contributed by atoms with Crippen LogP contribution in [0, 0.1) is 12.8 Å². The highest BCUT2D eigenvalue weighted by Gasteiger charge is 2.22. The summed E-state index contributed by atoms with van der Waals surface area (Å²) in [5.74, 6) is 2.41. The lowest BCUT2D eigenvalue weighted by molar-refractivity contribution is 0.0934. The summed E-state index contributed by atoms with van der Waals surface area (Å²) in [6.07, 6.45) is 2.34. The molecule has 1 aromatic carbocycles. The van der Waals surface area contributed by atoms with Crippen molar-refractivity contribution in [2.75, 3.05) is 19.6 Å². The maximum atomic E-state index is 12.2. The molecule has 4 rings (SSSR count). The molecule has 1 amide bonds. The van der Waals surface area contributed by atoms with Gasteiger partial charge >= 0.3 is 0 Å². The zero-order chi connectivity index (χ0) is 19.3. The van der Waals surface area contributed by atoms with E-state index in [0.29, 0.717) is 5.92 Å². The monoisotopic (exact) mass is 394 g/mol. The second-order valence-electron chi connectivity index (χ2n) is 7.50. The number of thiophene rings is 1. The highest BCUT2D eigenvalue weighted by atomic mass is 32.1. The quantitative estimate of drug-likeness (QED) is 0.643. The predicted octanol–water partition coefficient (Wildman–Crippen LogP) is 4.96. The van der Waals surface area contributed by atoms with Crippen molar-refractivity contribution in [3.63, 3.8) is 0 Å². The molecule has 0 aliphatic carbocycles. The SMILES string of the molecule is Cc1ccc(-c2ccccc2CN2CCCC(CNC(=O)c3cccs3)C2)o1. The number of likely N-dealkylation sites (tertiary alicyclic amines) is 1. The molecule has 146 valence electrons. The molecule has 0 radical (unpaired) electrons. The Balaban J connectivity index is 1.37. The molecule has 1 unspecified atom stereocenters. The van der Waals surface area contributed by atoms with Crippen molar-refractivity contribution in [1.29, 1.82) is 0 Å². The third kappa shape index (κ3) is 4.54. The number of rotatable bonds is 6. The van der Waals surface area contributed by atoms with Gasteiger partial charge in [0.05, 0.1) is 4.88 Å². The fraction of sp³-hybridized carbons (Fsp3) is 0.348. The van der Waals surface area contributed by atoms with Crippen LogP contribution >= 0.6 is 11.3 Å². The number of nitrogens with zero attached hydrogens (tertiary/aromatic N) is 1. The van der Waals surface area contributed by atoms with Crippen LogP contribution in [0.4, 0.5) is 0 Å². The molecule has 0 saturated carbocycles. The van der Waals surface area contributed by atoms with E-state index in [4.69, 9.17) is 4.42 Å². The summed E-state index contributed by atoms with van der Waals surface area (Å²) in [6.45, 7) is 5.74. The van der Waals surface area contributed by atoms with Crippen molar-refractivity contribution < 1.29 is 9.21 Å². The lowest BCUT2D eigenvalue weighted by Gasteiger charge is -2.33. The first-order chi connectivity index (χ1) is 13.7. The maximum Gasteiger partial charge on any atom is 0.261 e. The highest BCUT2D eigenvalue weighted by Crippen LogP contribution is 2.28. The smallest absolute Gasteiger partial charge is 0.261 e.